The molecule has 0 amide bonds. The van der Waals surface area contributed by atoms with Crippen molar-refractivity contribution >= 4 is 0 Å². The van der Waals surface area contributed by atoms with E-state index in [0.717, 1.165) is 6.20 Å². The molecule has 1 rings (SSSR count). The Morgan fingerprint density at radius 2 is 2.09 bits per heavy atom. The summed E-state index contributed by atoms with van der Waals surface area (Å²) in [5.41, 5.74) is 0.659. The zero-order valence-electron chi connectivity index (χ0n) is 5.79. The minimum absolute atomic E-state index is 0.161. The second-order valence-electron chi connectivity index (χ2n) is 1.87. The van der Waals surface area contributed by atoms with Gasteiger partial charge in [-0.25, -0.2) is 4.98 Å². The molecule has 0 bridgehead atoms. The van der Waals surface area contributed by atoms with Crippen molar-refractivity contribution in [3.05, 3.63) is 18.1 Å². The van der Waals surface area contributed by atoms with E-state index in [1.54, 1.807) is 6.92 Å². The number of ether oxygens (including phenoxy) is 1. The van der Waals surface area contributed by atoms with Crippen molar-refractivity contribution in [3.63, 3.8) is 0 Å². The molecule has 1 heterocycles. The molecular formula is C6H6F2N2O. The smallest absolute Gasteiger partial charge is 0.388 e. The van der Waals surface area contributed by atoms with Gasteiger partial charge in [-0.1, -0.05) is 0 Å². The second-order valence-corrected chi connectivity index (χ2v) is 1.87. The van der Waals surface area contributed by atoms with Crippen LogP contribution in [0.5, 0.6) is 5.88 Å². The van der Waals surface area contributed by atoms with Gasteiger partial charge in [-0.2, -0.15) is 8.78 Å². The lowest BCUT2D eigenvalue weighted by Crippen LogP contribution is -2.03. The maximum atomic E-state index is 11.5. The van der Waals surface area contributed by atoms with E-state index in [1.807, 2.05) is 0 Å². The molecule has 11 heavy (non-hydrogen) atoms. The minimum Gasteiger partial charge on any atom is -0.415 e. The SMILES string of the molecule is Cc1cnc(OC(F)F)cn1. The molecule has 0 aliphatic heterocycles. The van der Waals surface area contributed by atoms with E-state index < -0.39 is 6.61 Å². The summed E-state index contributed by atoms with van der Waals surface area (Å²) in [6, 6.07) is 0. The number of alkyl halides is 2. The fourth-order valence-electron chi connectivity index (χ4n) is 0.533. The van der Waals surface area contributed by atoms with Gasteiger partial charge in [0, 0.05) is 0 Å². The van der Waals surface area contributed by atoms with Crippen molar-refractivity contribution in [1.82, 2.24) is 9.97 Å². The maximum Gasteiger partial charge on any atom is 0.388 e. The quantitative estimate of drug-likeness (QED) is 0.655. The Hall–Kier alpha value is -1.26. The van der Waals surface area contributed by atoms with Crippen molar-refractivity contribution in [2.45, 2.75) is 13.5 Å². The molecule has 0 aliphatic rings. The first-order valence-corrected chi connectivity index (χ1v) is 2.92. The van der Waals surface area contributed by atoms with Gasteiger partial charge in [0.2, 0.25) is 5.88 Å². The van der Waals surface area contributed by atoms with Crippen LogP contribution in [0.25, 0.3) is 0 Å². The van der Waals surface area contributed by atoms with E-state index in [9.17, 15) is 8.78 Å². The first-order valence-electron chi connectivity index (χ1n) is 2.92. The fourth-order valence-corrected chi connectivity index (χ4v) is 0.533. The zero-order chi connectivity index (χ0) is 8.27. The standard InChI is InChI=1S/C6H6F2N2O/c1-4-2-10-5(3-9-4)11-6(7)8/h2-3,6H,1H3. The van der Waals surface area contributed by atoms with E-state index >= 15 is 0 Å². The van der Waals surface area contributed by atoms with Gasteiger partial charge in [0.15, 0.2) is 0 Å². The third kappa shape index (κ3) is 2.45. The summed E-state index contributed by atoms with van der Waals surface area (Å²) in [6.45, 7) is -1.13. The molecule has 0 saturated heterocycles. The molecule has 1 aromatic rings. The summed E-state index contributed by atoms with van der Waals surface area (Å²) in [4.78, 5) is 7.27. The monoisotopic (exact) mass is 160 g/mol. The zero-order valence-corrected chi connectivity index (χ0v) is 5.79. The topological polar surface area (TPSA) is 35.0 Å². The molecule has 0 atom stereocenters. The molecular weight excluding hydrogens is 154 g/mol. The Morgan fingerprint density at radius 1 is 1.36 bits per heavy atom. The molecule has 0 unspecified atom stereocenters. The average molecular weight is 160 g/mol. The van der Waals surface area contributed by atoms with Gasteiger partial charge >= 0.3 is 6.61 Å². The van der Waals surface area contributed by atoms with Crippen molar-refractivity contribution in [3.8, 4) is 5.88 Å². The highest BCUT2D eigenvalue weighted by atomic mass is 19.3. The number of aromatic nitrogens is 2. The number of rotatable bonds is 2. The number of hydrogen-bond donors (Lipinski definition) is 0. The average Bonchev–Trinajstić information content (AvgIpc) is 1.93. The fraction of sp³-hybridized carbons (Fsp3) is 0.333. The van der Waals surface area contributed by atoms with Crippen LogP contribution < -0.4 is 4.74 Å². The lowest BCUT2D eigenvalue weighted by atomic mass is 10.5. The molecule has 5 heteroatoms. The second kappa shape index (κ2) is 3.23. The normalized spacial score (nSPS) is 10.2. The third-order valence-corrected chi connectivity index (χ3v) is 0.967. The highest BCUT2D eigenvalue weighted by Gasteiger charge is 2.04. The molecule has 0 saturated carbocycles. The van der Waals surface area contributed by atoms with Crippen LogP contribution in [0, 0.1) is 6.92 Å². The minimum atomic E-state index is -2.84. The predicted octanol–water partition coefficient (Wildman–Crippen LogP) is 1.39. The molecule has 0 aromatic carbocycles. The van der Waals surface area contributed by atoms with Crippen LogP contribution in [0.15, 0.2) is 12.4 Å². The maximum absolute atomic E-state index is 11.5. The Kier molecular flexibility index (Phi) is 2.30. The van der Waals surface area contributed by atoms with E-state index in [0.29, 0.717) is 5.69 Å². The Labute approximate surface area is 62.0 Å². The first-order chi connectivity index (χ1) is 5.18. The van der Waals surface area contributed by atoms with Gasteiger partial charge in [0.05, 0.1) is 18.1 Å². The molecule has 3 nitrogen and oxygen atoms in total. The van der Waals surface area contributed by atoms with Crippen LogP contribution in [0.2, 0.25) is 0 Å². The van der Waals surface area contributed by atoms with Crippen LogP contribution in [-0.2, 0) is 0 Å². The van der Waals surface area contributed by atoms with Crippen molar-refractivity contribution in [1.29, 1.82) is 0 Å². The van der Waals surface area contributed by atoms with E-state index in [1.165, 1.54) is 6.20 Å². The molecule has 60 valence electrons. The van der Waals surface area contributed by atoms with E-state index in [-0.39, 0.29) is 5.88 Å². The number of nitrogens with zero attached hydrogens (tertiary/aromatic N) is 2. The van der Waals surface area contributed by atoms with Gasteiger partial charge < -0.3 is 4.74 Å². The van der Waals surface area contributed by atoms with Gasteiger partial charge in [0.25, 0.3) is 0 Å². The number of aryl methyl sites for hydroxylation is 1. The van der Waals surface area contributed by atoms with Crippen LogP contribution in [0.3, 0.4) is 0 Å². The highest BCUT2D eigenvalue weighted by molar-refractivity contribution is 5.05. The van der Waals surface area contributed by atoms with E-state index in [4.69, 9.17) is 0 Å². The Balaban J connectivity index is 2.66. The molecule has 0 fully saturated rings. The van der Waals surface area contributed by atoms with Gasteiger partial charge in [-0.3, -0.25) is 4.98 Å². The number of hydrogen-bond acceptors (Lipinski definition) is 3. The highest BCUT2D eigenvalue weighted by Crippen LogP contribution is 2.06. The first kappa shape index (κ1) is 7.84. The molecule has 0 spiro atoms. The summed E-state index contributed by atoms with van der Waals surface area (Å²) >= 11 is 0. The summed E-state index contributed by atoms with van der Waals surface area (Å²) in [5.74, 6) is -0.161. The van der Waals surface area contributed by atoms with Gasteiger partial charge in [0.1, 0.15) is 0 Å². The lowest BCUT2D eigenvalue weighted by molar-refractivity contribution is -0.0531. The van der Waals surface area contributed by atoms with Crippen molar-refractivity contribution in [2.75, 3.05) is 0 Å². The molecule has 0 radical (unpaired) electrons. The molecule has 0 aliphatic carbocycles. The van der Waals surface area contributed by atoms with E-state index in [2.05, 4.69) is 14.7 Å². The van der Waals surface area contributed by atoms with Crippen LogP contribution >= 0.6 is 0 Å². The van der Waals surface area contributed by atoms with Crippen LogP contribution in [0.1, 0.15) is 5.69 Å². The number of halogens is 2. The largest absolute Gasteiger partial charge is 0.415 e. The summed E-state index contributed by atoms with van der Waals surface area (Å²) in [5, 5.41) is 0. The Bertz CT molecular complexity index is 225. The summed E-state index contributed by atoms with van der Waals surface area (Å²) < 4.78 is 27.0. The lowest BCUT2D eigenvalue weighted by Gasteiger charge is -2.00. The van der Waals surface area contributed by atoms with Crippen LogP contribution in [-0.4, -0.2) is 16.6 Å². The molecule has 0 N–H and O–H groups in total. The van der Waals surface area contributed by atoms with Crippen LogP contribution in [0.4, 0.5) is 8.78 Å². The Morgan fingerprint density at radius 3 is 2.55 bits per heavy atom. The van der Waals surface area contributed by atoms with Crippen molar-refractivity contribution in [2.24, 2.45) is 0 Å². The molecule has 1 aromatic heterocycles. The van der Waals surface area contributed by atoms with Gasteiger partial charge in [-0.15, -0.1) is 0 Å². The third-order valence-electron chi connectivity index (χ3n) is 0.967. The summed E-state index contributed by atoms with van der Waals surface area (Å²) in [6.07, 6.45) is 2.51. The predicted molar refractivity (Wildman–Crippen MR) is 33.4 cm³/mol. The summed E-state index contributed by atoms with van der Waals surface area (Å²) in [7, 11) is 0. The van der Waals surface area contributed by atoms with Crippen molar-refractivity contribution < 1.29 is 13.5 Å². The van der Waals surface area contributed by atoms with Gasteiger partial charge in [-0.05, 0) is 6.92 Å².